The number of benzene rings is 2. The number of esters is 1. The van der Waals surface area contributed by atoms with Crippen molar-refractivity contribution in [1.29, 1.82) is 0 Å². The molecule has 0 bridgehead atoms. The molecule has 2 aromatic rings. The summed E-state index contributed by atoms with van der Waals surface area (Å²) in [4.78, 5) is 27.9. The van der Waals surface area contributed by atoms with Gasteiger partial charge in [-0.3, -0.25) is 14.5 Å². The molecule has 2 heterocycles. The molecular weight excluding hydrogens is 433 g/mol. The van der Waals surface area contributed by atoms with Gasteiger partial charge < -0.3 is 4.74 Å². The van der Waals surface area contributed by atoms with Crippen molar-refractivity contribution < 1.29 is 18.7 Å². The Morgan fingerprint density at radius 2 is 1.97 bits per heavy atom. The van der Waals surface area contributed by atoms with E-state index in [0.717, 1.165) is 35.2 Å². The Bertz CT molecular complexity index is 1100. The van der Waals surface area contributed by atoms with E-state index in [9.17, 15) is 14.0 Å². The van der Waals surface area contributed by atoms with E-state index in [1.807, 2.05) is 36.9 Å². The van der Waals surface area contributed by atoms with Gasteiger partial charge in [-0.25, -0.2) is 9.40 Å². The Morgan fingerprint density at radius 3 is 2.71 bits per heavy atom. The van der Waals surface area contributed by atoms with E-state index in [1.165, 1.54) is 17.1 Å². The second-order valence-corrected chi connectivity index (χ2v) is 9.11. The van der Waals surface area contributed by atoms with Gasteiger partial charge in [0.1, 0.15) is 11.9 Å². The summed E-state index contributed by atoms with van der Waals surface area (Å²) in [6.07, 6.45) is 3.03. The summed E-state index contributed by atoms with van der Waals surface area (Å²) in [6.45, 7) is 6.89. The van der Waals surface area contributed by atoms with Crippen LogP contribution in [-0.2, 0) is 14.3 Å². The zero-order chi connectivity index (χ0) is 24.2. The first-order valence-electron chi connectivity index (χ1n) is 12.0. The first kappa shape index (κ1) is 24.1. The van der Waals surface area contributed by atoms with Crippen LogP contribution >= 0.6 is 0 Å². The number of nitrogens with zero attached hydrogens (tertiary/aromatic N) is 3. The minimum absolute atomic E-state index is 0.0684. The third kappa shape index (κ3) is 5.20. The van der Waals surface area contributed by atoms with Crippen molar-refractivity contribution in [3.63, 3.8) is 0 Å². The molecule has 180 valence electrons. The molecule has 6 nitrogen and oxygen atoms in total. The standard InChI is InChI=1S/C27H32FN3O3/c1-4-34-27(33)24-10-5-6-13-30(24)17-26(32)31-25(20-8-7-9-21(28)15-20)16-23(29-31)22-12-11-18(2)14-19(22)3/h7-9,11-12,14-15,24-25H,4-6,10,13,16-17H2,1-3H3/t24-,25-/m1/s1. The number of rotatable bonds is 6. The zero-order valence-corrected chi connectivity index (χ0v) is 20.1. The molecule has 7 heteroatoms. The molecule has 0 aliphatic carbocycles. The first-order valence-corrected chi connectivity index (χ1v) is 12.0. The van der Waals surface area contributed by atoms with E-state index in [2.05, 4.69) is 6.07 Å². The lowest BCUT2D eigenvalue weighted by Crippen LogP contribution is -2.49. The fraction of sp³-hybridized carbons (Fsp3) is 0.444. The van der Waals surface area contributed by atoms with Crippen molar-refractivity contribution in [2.24, 2.45) is 5.10 Å². The van der Waals surface area contributed by atoms with Gasteiger partial charge in [-0.05, 0) is 63.4 Å². The Balaban J connectivity index is 1.62. The van der Waals surface area contributed by atoms with Crippen molar-refractivity contribution in [2.45, 2.75) is 58.5 Å². The van der Waals surface area contributed by atoms with E-state index in [4.69, 9.17) is 9.84 Å². The predicted molar refractivity (Wildman–Crippen MR) is 129 cm³/mol. The number of likely N-dealkylation sites (tertiary alicyclic amines) is 1. The summed E-state index contributed by atoms with van der Waals surface area (Å²) in [5.41, 5.74) is 4.75. The van der Waals surface area contributed by atoms with E-state index in [-0.39, 0.29) is 24.2 Å². The predicted octanol–water partition coefficient (Wildman–Crippen LogP) is 4.54. The van der Waals surface area contributed by atoms with Gasteiger partial charge in [0.2, 0.25) is 0 Å². The summed E-state index contributed by atoms with van der Waals surface area (Å²) >= 11 is 0. The number of hydrazone groups is 1. The number of hydrogen-bond donors (Lipinski definition) is 0. The third-order valence-electron chi connectivity index (χ3n) is 6.60. The number of piperidine rings is 1. The summed E-state index contributed by atoms with van der Waals surface area (Å²) in [5, 5.41) is 6.23. The summed E-state index contributed by atoms with van der Waals surface area (Å²) in [7, 11) is 0. The quantitative estimate of drug-likeness (QED) is 0.588. The minimum Gasteiger partial charge on any atom is -0.465 e. The number of aryl methyl sites for hydroxylation is 2. The monoisotopic (exact) mass is 465 g/mol. The summed E-state index contributed by atoms with van der Waals surface area (Å²) in [6, 6.07) is 11.7. The molecule has 1 fully saturated rings. The van der Waals surface area contributed by atoms with Crippen LogP contribution in [0.25, 0.3) is 0 Å². The van der Waals surface area contributed by atoms with E-state index in [1.54, 1.807) is 13.0 Å². The van der Waals surface area contributed by atoms with Gasteiger partial charge >= 0.3 is 5.97 Å². The molecule has 2 atom stereocenters. The smallest absolute Gasteiger partial charge is 0.323 e. The molecule has 34 heavy (non-hydrogen) atoms. The summed E-state index contributed by atoms with van der Waals surface area (Å²) in [5.74, 6) is -0.828. The molecule has 1 saturated heterocycles. The average Bonchev–Trinajstić information content (AvgIpc) is 3.25. The number of carbonyl (C=O) groups is 2. The fourth-order valence-electron chi connectivity index (χ4n) is 4.95. The second-order valence-electron chi connectivity index (χ2n) is 9.11. The third-order valence-corrected chi connectivity index (χ3v) is 6.60. The number of hydrogen-bond acceptors (Lipinski definition) is 5. The molecule has 0 radical (unpaired) electrons. The normalized spacial score (nSPS) is 20.8. The molecular formula is C27H32FN3O3. The van der Waals surface area contributed by atoms with Gasteiger partial charge in [0, 0.05) is 12.0 Å². The van der Waals surface area contributed by atoms with Crippen LogP contribution in [0.5, 0.6) is 0 Å². The molecule has 0 N–H and O–H groups in total. The molecule has 2 aliphatic heterocycles. The van der Waals surface area contributed by atoms with Crippen LogP contribution in [0.3, 0.4) is 0 Å². The average molecular weight is 466 g/mol. The number of amides is 1. The lowest BCUT2D eigenvalue weighted by molar-refractivity contribution is -0.152. The lowest BCUT2D eigenvalue weighted by Gasteiger charge is -2.34. The van der Waals surface area contributed by atoms with Gasteiger partial charge in [0.05, 0.1) is 24.9 Å². The van der Waals surface area contributed by atoms with Gasteiger partial charge in [-0.1, -0.05) is 42.3 Å². The number of halogens is 1. The Labute approximate surface area is 200 Å². The van der Waals surface area contributed by atoms with E-state index < -0.39 is 12.1 Å². The Hall–Kier alpha value is -3.06. The van der Waals surface area contributed by atoms with Gasteiger partial charge in [-0.15, -0.1) is 0 Å². The maximum absolute atomic E-state index is 14.1. The van der Waals surface area contributed by atoms with Crippen molar-refractivity contribution in [3.8, 4) is 0 Å². The highest BCUT2D eigenvalue weighted by Crippen LogP contribution is 2.34. The molecule has 2 aromatic carbocycles. The van der Waals surface area contributed by atoms with Crippen LogP contribution < -0.4 is 0 Å². The lowest BCUT2D eigenvalue weighted by atomic mass is 9.95. The van der Waals surface area contributed by atoms with Crippen molar-refractivity contribution in [1.82, 2.24) is 9.91 Å². The molecule has 4 rings (SSSR count). The number of carbonyl (C=O) groups excluding carboxylic acids is 2. The Morgan fingerprint density at radius 1 is 1.15 bits per heavy atom. The van der Waals surface area contributed by atoms with Crippen LogP contribution in [0.1, 0.15) is 60.9 Å². The molecule has 0 unspecified atom stereocenters. The Kier molecular flexibility index (Phi) is 7.41. The van der Waals surface area contributed by atoms with Crippen LogP contribution in [0.2, 0.25) is 0 Å². The highest BCUT2D eigenvalue weighted by atomic mass is 19.1. The van der Waals surface area contributed by atoms with E-state index in [0.29, 0.717) is 31.6 Å². The van der Waals surface area contributed by atoms with Crippen molar-refractivity contribution in [3.05, 3.63) is 70.5 Å². The zero-order valence-electron chi connectivity index (χ0n) is 20.1. The maximum atomic E-state index is 14.1. The fourth-order valence-corrected chi connectivity index (χ4v) is 4.95. The van der Waals surface area contributed by atoms with Crippen LogP contribution in [0.15, 0.2) is 47.6 Å². The number of ether oxygens (including phenoxy) is 1. The topological polar surface area (TPSA) is 62.2 Å². The summed E-state index contributed by atoms with van der Waals surface area (Å²) < 4.78 is 19.3. The molecule has 0 saturated carbocycles. The first-order chi connectivity index (χ1) is 16.4. The van der Waals surface area contributed by atoms with E-state index >= 15 is 0 Å². The van der Waals surface area contributed by atoms with Crippen LogP contribution in [-0.4, -0.2) is 53.2 Å². The highest BCUT2D eigenvalue weighted by Gasteiger charge is 2.37. The minimum atomic E-state index is -0.421. The van der Waals surface area contributed by atoms with Crippen molar-refractivity contribution >= 4 is 17.6 Å². The molecule has 2 aliphatic rings. The second kappa shape index (κ2) is 10.5. The molecule has 0 spiro atoms. The van der Waals surface area contributed by atoms with Gasteiger partial charge in [-0.2, -0.15) is 5.10 Å². The molecule has 1 amide bonds. The van der Waals surface area contributed by atoms with Crippen LogP contribution in [0.4, 0.5) is 4.39 Å². The molecule has 0 aromatic heterocycles. The highest BCUT2D eigenvalue weighted by molar-refractivity contribution is 6.04. The largest absolute Gasteiger partial charge is 0.465 e. The van der Waals surface area contributed by atoms with Crippen LogP contribution in [0, 0.1) is 19.7 Å². The van der Waals surface area contributed by atoms with Gasteiger partial charge in [0.25, 0.3) is 5.91 Å². The van der Waals surface area contributed by atoms with Gasteiger partial charge in [0.15, 0.2) is 0 Å². The van der Waals surface area contributed by atoms with Crippen molar-refractivity contribution in [2.75, 3.05) is 19.7 Å². The SMILES string of the molecule is CCOC(=O)[C@H]1CCCCN1CC(=O)N1N=C(c2ccc(C)cc2C)C[C@@H]1c1cccc(F)c1. The maximum Gasteiger partial charge on any atom is 0.323 e.